The lowest BCUT2D eigenvalue weighted by Gasteiger charge is -2.11. The van der Waals surface area contributed by atoms with Gasteiger partial charge in [0.25, 0.3) is 0 Å². The van der Waals surface area contributed by atoms with E-state index in [1.807, 2.05) is 23.9 Å². The molecule has 0 bridgehead atoms. The third kappa shape index (κ3) is 5.01. The fourth-order valence-corrected chi connectivity index (χ4v) is 2.59. The summed E-state index contributed by atoms with van der Waals surface area (Å²) in [6.45, 7) is 3.07. The molecule has 1 aromatic heterocycles. The van der Waals surface area contributed by atoms with E-state index in [1.165, 1.54) is 5.56 Å². The first kappa shape index (κ1) is 16.3. The van der Waals surface area contributed by atoms with Crippen molar-refractivity contribution in [3.8, 4) is 0 Å². The molecule has 0 spiro atoms. The van der Waals surface area contributed by atoms with Crippen molar-refractivity contribution in [2.75, 3.05) is 17.6 Å². The summed E-state index contributed by atoms with van der Waals surface area (Å²) in [6.07, 6.45) is 3.74. The van der Waals surface area contributed by atoms with Gasteiger partial charge >= 0.3 is 0 Å². The highest BCUT2D eigenvalue weighted by Gasteiger charge is 2.22. The molecule has 2 N–H and O–H groups in total. The predicted octanol–water partition coefficient (Wildman–Crippen LogP) is 2.45. The molecule has 0 aliphatic carbocycles. The normalized spacial score (nSPS) is 17.8. The Morgan fingerprint density at radius 3 is 3.16 bits per heavy atom. The van der Waals surface area contributed by atoms with Crippen molar-refractivity contribution in [1.82, 2.24) is 10.3 Å². The van der Waals surface area contributed by atoms with Crippen LogP contribution in [0.3, 0.4) is 0 Å². The first-order chi connectivity index (χ1) is 8.79. The Hall–Kier alpha value is -0.780. The van der Waals surface area contributed by atoms with Crippen molar-refractivity contribution in [3.63, 3.8) is 0 Å². The zero-order valence-electron chi connectivity index (χ0n) is 11.0. The number of nitrogens with zero attached hydrogens (tertiary/aromatic N) is 1. The number of carbonyl (C=O) groups excluding carboxylic acids is 1. The molecule has 1 saturated heterocycles. The van der Waals surface area contributed by atoms with Crippen LogP contribution in [-0.4, -0.2) is 29.2 Å². The second-order valence-electron chi connectivity index (χ2n) is 4.32. The van der Waals surface area contributed by atoms with Gasteiger partial charge in [-0.1, -0.05) is 6.92 Å². The lowest BCUT2D eigenvalue weighted by atomic mass is 10.2. The zero-order chi connectivity index (χ0) is 12.8. The maximum atomic E-state index is 11.9. The minimum atomic E-state index is -0.0551. The van der Waals surface area contributed by atoms with Gasteiger partial charge in [-0.3, -0.25) is 4.79 Å². The van der Waals surface area contributed by atoms with Gasteiger partial charge in [0.15, 0.2) is 0 Å². The number of halogens is 1. The van der Waals surface area contributed by atoms with Crippen LogP contribution < -0.4 is 10.6 Å². The summed E-state index contributed by atoms with van der Waals surface area (Å²) in [5, 5.41) is 6.06. The molecule has 1 unspecified atom stereocenters. The topological polar surface area (TPSA) is 54.0 Å². The van der Waals surface area contributed by atoms with Gasteiger partial charge in [0, 0.05) is 11.9 Å². The molecular weight excluding hydrogens is 282 g/mol. The highest BCUT2D eigenvalue weighted by atomic mass is 35.5. The number of hydrogen-bond acceptors (Lipinski definition) is 4. The molecule has 1 atom stereocenters. The summed E-state index contributed by atoms with van der Waals surface area (Å²) < 4.78 is 0. The number of hydrogen-bond donors (Lipinski definition) is 2. The molecule has 0 aromatic carbocycles. The van der Waals surface area contributed by atoms with Crippen LogP contribution in [0.2, 0.25) is 0 Å². The van der Waals surface area contributed by atoms with Gasteiger partial charge in [-0.15, -0.1) is 12.4 Å². The van der Waals surface area contributed by atoms with E-state index in [2.05, 4.69) is 22.5 Å². The fraction of sp³-hybridized carbons (Fsp3) is 0.538. The standard InChI is InChI=1S/C13H19N3OS.ClH/c1-2-18-9-10-5-7-15-12(8-10)16-13(17)11-4-3-6-14-11;/h5,7-8,11,14H,2-4,6,9H2,1H3,(H,15,16,17);1H. The number of amides is 1. The number of carbonyl (C=O) groups is 1. The van der Waals surface area contributed by atoms with Crippen LogP contribution in [-0.2, 0) is 10.5 Å². The molecule has 1 amide bonds. The van der Waals surface area contributed by atoms with Crippen molar-refractivity contribution in [2.24, 2.45) is 0 Å². The van der Waals surface area contributed by atoms with E-state index >= 15 is 0 Å². The van der Waals surface area contributed by atoms with Gasteiger partial charge in [-0.05, 0) is 42.8 Å². The largest absolute Gasteiger partial charge is 0.309 e. The van der Waals surface area contributed by atoms with E-state index in [9.17, 15) is 4.79 Å². The second-order valence-corrected chi connectivity index (χ2v) is 5.60. The maximum Gasteiger partial charge on any atom is 0.242 e. The molecule has 6 heteroatoms. The van der Waals surface area contributed by atoms with Crippen molar-refractivity contribution in [2.45, 2.75) is 31.6 Å². The molecular formula is C13H20ClN3OS. The number of nitrogens with one attached hydrogen (secondary N) is 2. The first-order valence-electron chi connectivity index (χ1n) is 6.36. The highest BCUT2D eigenvalue weighted by Crippen LogP contribution is 2.15. The van der Waals surface area contributed by atoms with E-state index in [0.717, 1.165) is 30.9 Å². The summed E-state index contributed by atoms with van der Waals surface area (Å²) in [5.41, 5.74) is 1.20. The summed E-state index contributed by atoms with van der Waals surface area (Å²) in [6, 6.07) is 3.89. The van der Waals surface area contributed by atoms with Gasteiger partial charge in [0.2, 0.25) is 5.91 Å². The lowest BCUT2D eigenvalue weighted by molar-refractivity contribution is -0.117. The van der Waals surface area contributed by atoms with Gasteiger partial charge in [-0.25, -0.2) is 4.98 Å². The Labute approximate surface area is 124 Å². The number of rotatable bonds is 5. The summed E-state index contributed by atoms with van der Waals surface area (Å²) >= 11 is 1.86. The van der Waals surface area contributed by atoms with Crippen LogP contribution in [0, 0.1) is 0 Å². The number of thioether (sulfide) groups is 1. The predicted molar refractivity (Wildman–Crippen MR) is 83.0 cm³/mol. The molecule has 2 heterocycles. The van der Waals surface area contributed by atoms with Crippen molar-refractivity contribution in [3.05, 3.63) is 23.9 Å². The molecule has 2 rings (SSSR count). The Kier molecular flexibility index (Phi) is 7.20. The minimum absolute atomic E-state index is 0. The number of aromatic nitrogens is 1. The molecule has 1 fully saturated rings. The van der Waals surface area contributed by atoms with Crippen LogP contribution in [0.5, 0.6) is 0 Å². The monoisotopic (exact) mass is 301 g/mol. The highest BCUT2D eigenvalue weighted by molar-refractivity contribution is 7.98. The minimum Gasteiger partial charge on any atom is -0.309 e. The van der Waals surface area contributed by atoms with Crippen LogP contribution in [0.25, 0.3) is 0 Å². The molecule has 19 heavy (non-hydrogen) atoms. The zero-order valence-corrected chi connectivity index (χ0v) is 12.6. The smallest absolute Gasteiger partial charge is 0.242 e. The summed E-state index contributed by atoms with van der Waals surface area (Å²) in [7, 11) is 0. The van der Waals surface area contributed by atoms with E-state index < -0.39 is 0 Å². The van der Waals surface area contributed by atoms with Crippen molar-refractivity contribution >= 4 is 35.9 Å². The molecule has 1 aliphatic rings. The third-order valence-electron chi connectivity index (χ3n) is 2.93. The maximum absolute atomic E-state index is 11.9. The van der Waals surface area contributed by atoms with Crippen LogP contribution in [0.4, 0.5) is 5.82 Å². The molecule has 1 aromatic rings. The summed E-state index contributed by atoms with van der Waals surface area (Å²) in [4.78, 5) is 16.1. The Bertz CT molecular complexity index is 411. The van der Waals surface area contributed by atoms with Crippen molar-refractivity contribution in [1.29, 1.82) is 0 Å². The average Bonchev–Trinajstić information content (AvgIpc) is 2.91. The van der Waals surface area contributed by atoms with E-state index in [0.29, 0.717) is 5.82 Å². The van der Waals surface area contributed by atoms with Gasteiger partial charge in [0.05, 0.1) is 6.04 Å². The van der Waals surface area contributed by atoms with Crippen LogP contribution >= 0.6 is 24.2 Å². The lowest BCUT2D eigenvalue weighted by Crippen LogP contribution is -2.35. The van der Waals surface area contributed by atoms with E-state index in [-0.39, 0.29) is 24.4 Å². The Morgan fingerprint density at radius 2 is 2.47 bits per heavy atom. The van der Waals surface area contributed by atoms with Crippen molar-refractivity contribution < 1.29 is 4.79 Å². The van der Waals surface area contributed by atoms with Crippen LogP contribution in [0.15, 0.2) is 18.3 Å². The quantitative estimate of drug-likeness (QED) is 0.877. The molecule has 0 radical (unpaired) electrons. The van der Waals surface area contributed by atoms with E-state index in [4.69, 9.17) is 0 Å². The molecule has 0 saturated carbocycles. The Morgan fingerprint density at radius 1 is 1.63 bits per heavy atom. The second kappa shape index (κ2) is 8.40. The van der Waals surface area contributed by atoms with Crippen LogP contribution in [0.1, 0.15) is 25.3 Å². The SMILES string of the molecule is CCSCc1ccnc(NC(=O)C2CCCN2)c1.Cl. The average molecular weight is 302 g/mol. The number of anilines is 1. The van der Waals surface area contributed by atoms with E-state index in [1.54, 1.807) is 6.20 Å². The van der Waals surface area contributed by atoms with Gasteiger partial charge in [-0.2, -0.15) is 11.8 Å². The third-order valence-corrected chi connectivity index (χ3v) is 3.87. The molecule has 4 nitrogen and oxygen atoms in total. The number of pyridine rings is 1. The first-order valence-corrected chi connectivity index (χ1v) is 7.52. The molecule has 1 aliphatic heterocycles. The van der Waals surface area contributed by atoms with Gasteiger partial charge < -0.3 is 10.6 Å². The molecule has 106 valence electrons. The fourth-order valence-electron chi connectivity index (χ4n) is 1.97. The summed E-state index contributed by atoms with van der Waals surface area (Å²) in [5.74, 6) is 2.74. The van der Waals surface area contributed by atoms with Gasteiger partial charge in [0.1, 0.15) is 5.82 Å². The Balaban J connectivity index is 0.00000180.